The Morgan fingerprint density at radius 1 is 1.05 bits per heavy atom. The highest BCUT2D eigenvalue weighted by Crippen LogP contribution is 2.22. The zero-order chi connectivity index (χ0) is 13.9. The number of rotatable bonds is 2. The number of benzene rings is 2. The fourth-order valence-corrected chi connectivity index (χ4v) is 2.02. The summed E-state index contributed by atoms with van der Waals surface area (Å²) in [6.45, 7) is 0. The number of pyridine rings is 1. The maximum Gasteiger partial charge on any atom is 0.255 e. The summed E-state index contributed by atoms with van der Waals surface area (Å²) in [7, 11) is 0. The van der Waals surface area contributed by atoms with Gasteiger partial charge < -0.3 is 5.32 Å². The van der Waals surface area contributed by atoms with Crippen molar-refractivity contribution in [1.82, 2.24) is 4.98 Å². The Bertz CT molecular complexity index is 764. The molecular weight excluding hydrogens is 255 g/mol. The number of hydrogen-bond acceptors (Lipinski definition) is 2. The normalized spacial score (nSPS) is 10.4. The van der Waals surface area contributed by atoms with E-state index in [0.29, 0.717) is 11.3 Å². The average molecular weight is 266 g/mol. The molecule has 0 aliphatic heterocycles. The fourth-order valence-electron chi connectivity index (χ4n) is 2.02. The lowest BCUT2D eigenvalue weighted by Gasteiger charge is -2.08. The van der Waals surface area contributed by atoms with Crippen molar-refractivity contribution in [3.63, 3.8) is 0 Å². The maximum absolute atomic E-state index is 12.8. The zero-order valence-electron chi connectivity index (χ0n) is 10.5. The smallest absolute Gasteiger partial charge is 0.255 e. The molecule has 0 unspecified atom stereocenters. The molecule has 1 amide bonds. The second kappa shape index (κ2) is 5.09. The van der Waals surface area contributed by atoms with Gasteiger partial charge in [-0.1, -0.05) is 12.1 Å². The van der Waals surface area contributed by atoms with Crippen LogP contribution in [0.2, 0.25) is 0 Å². The van der Waals surface area contributed by atoms with Crippen LogP contribution in [0, 0.1) is 5.82 Å². The standard InChI is InChI=1S/C16H11FN2O/c17-13-6-4-12(5-7-13)16(20)19-15-3-1-2-11-8-9-18-10-14(11)15/h1-10H,(H,19,20). The molecule has 3 aromatic rings. The lowest BCUT2D eigenvalue weighted by Crippen LogP contribution is -2.12. The van der Waals surface area contributed by atoms with Crippen LogP contribution in [0.25, 0.3) is 10.8 Å². The fraction of sp³-hybridized carbons (Fsp3) is 0. The Kier molecular flexibility index (Phi) is 3.13. The number of hydrogen-bond donors (Lipinski definition) is 1. The molecule has 2 aromatic carbocycles. The van der Waals surface area contributed by atoms with Gasteiger partial charge in [0.05, 0.1) is 5.69 Å². The number of nitrogens with one attached hydrogen (secondary N) is 1. The predicted octanol–water partition coefficient (Wildman–Crippen LogP) is 3.63. The van der Waals surface area contributed by atoms with Crippen LogP contribution < -0.4 is 5.32 Å². The zero-order valence-corrected chi connectivity index (χ0v) is 10.5. The summed E-state index contributed by atoms with van der Waals surface area (Å²) in [4.78, 5) is 16.2. The number of halogens is 1. The third kappa shape index (κ3) is 2.36. The molecule has 0 radical (unpaired) electrons. The molecule has 0 saturated carbocycles. The molecule has 1 heterocycles. The minimum Gasteiger partial charge on any atom is -0.321 e. The van der Waals surface area contributed by atoms with Crippen LogP contribution in [-0.2, 0) is 0 Å². The molecule has 4 heteroatoms. The number of nitrogens with zero attached hydrogens (tertiary/aromatic N) is 1. The van der Waals surface area contributed by atoms with Gasteiger partial charge in [0.25, 0.3) is 5.91 Å². The number of fused-ring (bicyclic) bond motifs is 1. The lowest BCUT2D eigenvalue weighted by molar-refractivity contribution is 0.102. The Morgan fingerprint density at radius 2 is 1.85 bits per heavy atom. The third-order valence-electron chi connectivity index (χ3n) is 3.04. The maximum atomic E-state index is 12.8. The number of anilines is 1. The summed E-state index contributed by atoms with van der Waals surface area (Å²) in [6, 6.07) is 12.9. The number of aromatic nitrogens is 1. The van der Waals surface area contributed by atoms with Crippen LogP contribution in [0.5, 0.6) is 0 Å². The molecule has 0 spiro atoms. The quantitative estimate of drug-likeness (QED) is 0.769. The van der Waals surface area contributed by atoms with Crippen molar-refractivity contribution in [2.45, 2.75) is 0 Å². The topological polar surface area (TPSA) is 42.0 Å². The number of carbonyl (C=O) groups excluding carboxylic acids is 1. The SMILES string of the molecule is O=C(Nc1cccc2ccncc12)c1ccc(F)cc1. The molecule has 98 valence electrons. The molecule has 1 N–H and O–H groups in total. The molecule has 20 heavy (non-hydrogen) atoms. The van der Waals surface area contributed by atoms with E-state index in [1.807, 2.05) is 24.3 Å². The van der Waals surface area contributed by atoms with E-state index in [1.54, 1.807) is 12.4 Å². The highest BCUT2D eigenvalue weighted by atomic mass is 19.1. The van der Waals surface area contributed by atoms with Crippen molar-refractivity contribution in [2.24, 2.45) is 0 Å². The predicted molar refractivity (Wildman–Crippen MR) is 76.1 cm³/mol. The van der Waals surface area contributed by atoms with Gasteiger partial charge in [0.15, 0.2) is 0 Å². The van der Waals surface area contributed by atoms with Gasteiger partial charge in [0.2, 0.25) is 0 Å². The second-order valence-corrected chi connectivity index (χ2v) is 4.36. The van der Waals surface area contributed by atoms with Crippen LogP contribution in [0.15, 0.2) is 60.9 Å². The summed E-state index contributed by atoms with van der Waals surface area (Å²) in [6.07, 6.45) is 3.41. The summed E-state index contributed by atoms with van der Waals surface area (Å²) >= 11 is 0. The molecule has 0 atom stereocenters. The first-order chi connectivity index (χ1) is 9.74. The summed E-state index contributed by atoms with van der Waals surface area (Å²) in [5.41, 5.74) is 1.09. The van der Waals surface area contributed by atoms with E-state index in [9.17, 15) is 9.18 Å². The average Bonchev–Trinajstić information content (AvgIpc) is 2.48. The Morgan fingerprint density at radius 3 is 2.65 bits per heavy atom. The molecule has 3 nitrogen and oxygen atoms in total. The van der Waals surface area contributed by atoms with Crippen LogP contribution in [0.3, 0.4) is 0 Å². The number of carbonyl (C=O) groups is 1. The third-order valence-corrected chi connectivity index (χ3v) is 3.04. The van der Waals surface area contributed by atoms with Crippen molar-refractivity contribution in [1.29, 1.82) is 0 Å². The van der Waals surface area contributed by atoms with Gasteiger partial charge in [0, 0.05) is 23.3 Å². The van der Waals surface area contributed by atoms with Crippen molar-refractivity contribution in [2.75, 3.05) is 5.32 Å². The Hall–Kier alpha value is -2.75. The highest BCUT2D eigenvalue weighted by Gasteiger charge is 2.08. The van der Waals surface area contributed by atoms with E-state index >= 15 is 0 Å². The Labute approximate surface area is 115 Å². The van der Waals surface area contributed by atoms with Gasteiger partial charge in [-0.15, -0.1) is 0 Å². The minimum atomic E-state index is -0.365. The van der Waals surface area contributed by atoms with Crippen molar-refractivity contribution in [3.05, 3.63) is 72.3 Å². The largest absolute Gasteiger partial charge is 0.321 e. The first-order valence-electron chi connectivity index (χ1n) is 6.14. The van der Waals surface area contributed by atoms with Gasteiger partial charge in [0.1, 0.15) is 5.82 Å². The molecule has 3 rings (SSSR count). The van der Waals surface area contributed by atoms with Crippen molar-refractivity contribution in [3.8, 4) is 0 Å². The van der Waals surface area contributed by atoms with Gasteiger partial charge >= 0.3 is 0 Å². The molecule has 0 aliphatic rings. The van der Waals surface area contributed by atoms with Gasteiger partial charge in [-0.2, -0.15) is 0 Å². The van der Waals surface area contributed by atoms with Gasteiger partial charge in [-0.3, -0.25) is 9.78 Å². The molecule has 1 aromatic heterocycles. The summed E-state index contributed by atoms with van der Waals surface area (Å²) in [5, 5.41) is 4.68. The molecule has 0 fully saturated rings. The van der Waals surface area contributed by atoms with Crippen LogP contribution >= 0.6 is 0 Å². The van der Waals surface area contributed by atoms with E-state index in [1.165, 1.54) is 24.3 Å². The van der Waals surface area contributed by atoms with E-state index in [-0.39, 0.29) is 11.7 Å². The molecular formula is C16H11FN2O. The summed E-state index contributed by atoms with van der Waals surface area (Å²) < 4.78 is 12.8. The second-order valence-electron chi connectivity index (χ2n) is 4.36. The first kappa shape index (κ1) is 12.3. The highest BCUT2D eigenvalue weighted by molar-refractivity contribution is 6.08. The first-order valence-corrected chi connectivity index (χ1v) is 6.14. The van der Waals surface area contributed by atoms with E-state index < -0.39 is 0 Å². The minimum absolute atomic E-state index is 0.277. The van der Waals surface area contributed by atoms with E-state index in [0.717, 1.165) is 10.8 Å². The number of amides is 1. The van der Waals surface area contributed by atoms with Crippen LogP contribution in [-0.4, -0.2) is 10.9 Å². The molecule has 0 bridgehead atoms. The van der Waals surface area contributed by atoms with E-state index in [4.69, 9.17) is 0 Å². The monoisotopic (exact) mass is 266 g/mol. The van der Waals surface area contributed by atoms with Crippen LogP contribution in [0.4, 0.5) is 10.1 Å². The summed E-state index contributed by atoms with van der Waals surface area (Å²) in [5.74, 6) is -0.641. The Balaban J connectivity index is 1.93. The van der Waals surface area contributed by atoms with E-state index in [2.05, 4.69) is 10.3 Å². The lowest BCUT2D eigenvalue weighted by atomic mass is 10.1. The molecule has 0 aliphatic carbocycles. The van der Waals surface area contributed by atoms with Gasteiger partial charge in [-0.05, 0) is 41.8 Å². The van der Waals surface area contributed by atoms with Crippen molar-refractivity contribution >= 4 is 22.4 Å². The van der Waals surface area contributed by atoms with Crippen LogP contribution in [0.1, 0.15) is 10.4 Å². The van der Waals surface area contributed by atoms with Crippen molar-refractivity contribution < 1.29 is 9.18 Å². The van der Waals surface area contributed by atoms with Gasteiger partial charge in [-0.25, -0.2) is 4.39 Å². The molecule has 0 saturated heterocycles.